The van der Waals surface area contributed by atoms with Gasteiger partial charge in [0.1, 0.15) is 5.82 Å². The summed E-state index contributed by atoms with van der Waals surface area (Å²) in [6.07, 6.45) is 1.79. The van der Waals surface area contributed by atoms with E-state index in [1.165, 1.54) is 17.7 Å². The van der Waals surface area contributed by atoms with Gasteiger partial charge in [0.2, 0.25) is 0 Å². The summed E-state index contributed by atoms with van der Waals surface area (Å²) in [6.45, 7) is 6.03. The van der Waals surface area contributed by atoms with E-state index in [4.69, 9.17) is 0 Å². The van der Waals surface area contributed by atoms with Crippen molar-refractivity contribution in [3.05, 3.63) is 52.1 Å². The van der Waals surface area contributed by atoms with Gasteiger partial charge in [-0.1, -0.05) is 0 Å². The molecule has 3 nitrogen and oxygen atoms in total. The lowest BCUT2D eigenvalue weighted by atomic mass is 10.0. The van der Waals surface area contributed by atoms with Crippen LogP contribution in [0.3, 0.4) is 0 Å². The highest BCUT2D eigenvalue weighted by atomic mass is 19.1. The SMILES string of the molecule is Cc1[nH]c(/C=C2\C(=O)Nc3ccc(F)cc32)c(C)c1C. The Morgan fingerprint density at radius 2 is 1.90 bits per heavy atom. The fourth-order valence-corrected chi connectivity index (χ4v) is 2.47. The Bertz CT molecular complexity index is 756. The Balaban J connectivity index is 2.15. The number of aromatic amines is 1. The number of amides is 1. The van der Waals surface area contributed by atoms with Crippen molar-refractivity contribution in [3.63, 3.8) is 0 Å². The molecule has 2 N–H and O–H groups in total. The molecule has 20 heavy (non-hydrogen) atoms. The molecule has 1 aromatic carbocycles. The van der Waals surface area contributed by atoms with E-state index in [2.05, 4.69) is 10.3 Å². The number of carbonyl (C=O) groups is 1. The first-order valence-electron chi connectivity index (χ1n) is 6.46. The molecule has 1 aromatic heterocycles. The number of aryl methyl sites for hydroxylation is 1. The van der Waals surface area contributed by atoms with E-state index in [-0.39, 0.29) is 11.7 Å². The molecular weight excluding hydrogens is 255 g/mol. The molecule has 2 aromatic rings. The van der Waals surface area contributed by atoms with Crippen molar-refractivity contribution in [2.24, 2.45) is 0 Å². The lowest BCUT2D eigenvalue weighted by molar-refractivity contribution is -0.110. The quantitative estimate of drug-likeness (QED) is 0.764. The summed E-state index contributed by atoms with van der Waals surface area (Å²) in [5, 5.41) is 2.75. The number of aromatic nitrogens is 1. The van der Waals surface area contributed by atoms with E-state index in [0.29, 0.717) is 16.8 Å². The number of halogens is 1. The third-order valence-electron chi connectivity index (χ3n) is 3.90. The van der Waals surface area contributed by atoms with Crippen LogP contribution in [0, 0.1) is 26.6 Å². The smallest absolute Gasteiger partial charge is 0.256 e. The van der Waals surface area contributed by atoms with Gasteiger partial charge < -0.3 is 10.3 Å². The van der Waals surface area contributed by atoms with Gasteiger partial charge in [-0.25, -0.2) is 4.39 Å². The predicted octanol–water partition coefficient (Wildman–Crippen LogP) is 3.57. The van der Waals surface area contributed by atoms with Gasteiger partial charge in [0.05, 0.1) is 5.57 Å². The normalized spacial score (nSPS) is 15.6. The first kappa shape index (κ1) is 12.7. The second-order valence-electron chi connectivity index (χ2n) is 5.12. The molecule has 0 radical (unpaired) electrons. The second-order valence-corrected chi connectivity index (χ2v) is 5.12. The Kier molecular flexibility index (Phi) is 2.74. The molecule has 0 bridgehead atoms. The van der Waals surface area contributed by atoms with Crippen molar-refractivity contribution in [1.29, 1.82) is 0 Å². The molecule has 0 unspecified atom stereocenters. The van der Waals surface area contributed by atoms with E-state index >= 15 is 0 Å². The molecule has 0 saturated heterocycles. The summed E-state index contributed by atoms with van der Waals surface area (Å²) in [6, 6.07) is 4.31. The summed E-state index contributed by atoms with van der Waals surface area (Å²) >= 11 is 0. The average Bonchev–Trinajstić information content (AvgIpc) is 2.83. The minimum atomic E-state index is -0.346. The predicted molar refractivity (Wildman–Crippen MR) is 77.9 cm³/mol. The molecule has 0 atom stereocenters. The number of anilines is 1. The van der Waals surface area contributed by atoms with Crippen molar-refractivity contribution in [1.82, 2.24) is 4.98 Å². The Morgan fingerprint density at radius 3 is 2.55 bits per heavy atom. The molecule has 2 heterocycles. The van der Waals surface area contributed by atoms with Crippen LogP contribution in [0.1, 0.15) is 28.1 Å². The lowest BCUT2D eigenvalue weighted by Gasteiger charge is -1.99. The van der Waals surface area contributed by atoms with Crippen LogP contribution < -0.4 is 5.32 Å². The molecule has 3 rings (SSSR count). The van der Waals surface area contributed by atoms with Gasteiger partial charge in [-0.3, -0.25) is 4.79 Å². The molecule has 4 heteroatoms. The van der Waals surface area contributed by atoms with Crippen LogP contribution in [0.4, 0.5) is 10.1 Å². The maximum Gasteiger partial charge on any atom is 0.256 e. The van der Waals surface area contributed by atoms with Crippen LogP contribution in [0.5, 0.6) is 0 Å². The number of nitrogens with one attached hydrogen (secondary N) is 2. The molecular formula is C16H15FN2O. The number of benzene rings is 1. The highest BCUT2D eigenvalue weighted by molar-refractivity contribution is 6.34. The van der Waals surface area contributed by atoms with E-state index in [9.17, 15) is 9.18 Å². The van der Waals surface area contributed by atoms with Crippen LogP contribution in [-0.4, -0.2) is 10.9 Å². The summed E-state index contributed by atoms with van der Waals surface area (Å²) in [5.74, 6) is -0.545. The number of rotatable bonds is 1. The Labute approximate surface area is 116 Å². The molecule has 0 saturated carbocycles. The second kappa shape index (κ2) is 4.34. The number of carbonyl (C=O) groups excluding carboxylic acids is 1. The van der Waals surface area contributed by atoms with E-state index in [1.807, 2.05) is 20.8 Å². The minimum Gasteiger partial charge on any atom is -0.359 e. The van der Waals surface area contributed by atoms with Gasteiger partial charge in [-0.05, 0) is 56.2 Å². The Hall–Kier alpha value is -2.36. The van der Waals surface area contributed by atoms with Crippen molar-refractivity contribution < 1.29 is 9.18 Å². The minimum absolute atomic E-state index is 0.199. The fourth-order valence-electron chi connectivity index (χ4n) is 2.47. The first-order valence-corrected chi connectivity index (χ1v) is 6.46. The van der Waals surface area contributed by atoms with Gasteiger partial charge in [-0.15, -0.1) is 0 Å². The highest BCUT2D eigenvalue weighted by Gasteiger charge is 2.25. The molecule has 0 aliphatic carbocycles. The zero-order valence-electron chi connectivity index (χ0n) is 11.6. The van der Waals surface area contributed by atoms with Crippen LogP contribution in [-0.2, 0) is 4.79 Å². The van der Waals surface area contributed by atoms with Crippen LogP contribution in [0.25, 0.3) is 11.6 Å². The van der Waals surface area contributed by atoms with Crippen LogP contribution in [0.2, 0.25) is 0 Å². The number of fused-ring (bicyclic) bond motifs is 1. The summed E-state index contributed by atoms with van der Waals surface area (Å²) in [5.41, 5.74) is 6.00. The van der Waals surface area contributed by atoms with E-state index in [0.717, 1.165) is 17.0 Å². The van der Waals surface area contributed by atoms with Gasteiger partial charge in [0.15, 0.2) is 0 Å². The molecule has 0 spiro atoms. The third-order valence-corrected chi connectivity index (χ3v) is 3.90. The van der Waals surface area contributed by atoms with Crippen molar-refractivity contribution >= 4 is 23.2 Å². The van der Waals surface area contributed by atoms with Gasteiger partial charge in [0.25, 0.3) is 5.91 Å². The molecule has 1 aliphatic rings. The Morgan fingerprint density at radius 1 is 1.15 bits per heavy atom. The lowest BCUT2D eigenvalue weighted by Crippen LogP contribution is -2.03. The van der Waals surface area contributed by atoms with Crippen LogP contribution in [0.15, 0.2) is 18.2 Å². The first-order chi connectivity index (χ1) is 9.47. The molecule has 1 aliphatic heterocycles. The van der Waals surface area contributed by atoms with Crippen molar-refractivity contribution in [3.8, 4) is 0 Å². The topological polar surface area (TPSA) is 44.9 Å². The zero-order valence-corrected chi connectivity index (χ0v) is 11.6. The zero-order chi connectivity index (χ0) is 14.4. The van der Waals surface area contributed by atoms with E-state index < -0.39 is 0 Å². The van der Waals surface area contributed by atoms with Gasteiger partial charge >= 0.3 is 0 Å². The summed E-state index contributed by atoms with van der Waals surface area (Å²) in [4.78, 5) is 15.3. The molecule has 102 valence electrons. The largest absolute Gasteiger partial charge is 0.359 e. The molecule has 1 amide bonds. The fraction of sp³-hybridized carbons (Fsp3) is 0.188. The van der Waals surface area contributed by atoms with E-state index in [1.54, 1.807) is 12.1 Å². The maximum atomic E-state index is 13.4. The standard InChI is InChI=1S/C16H15FN2O/c1-8-9(2)15(18-10(8)3)7-13-12-6-11(17)4-5-14(12)19-16(13)20/h4-7,18H,1-3H3,(H,19,20)/b13-7-. The number of H-pyrrole nitrogens is 1. The van der Waals surface area contributed by atoms with Crippen LogP contribution >= 0.6 is 0 Å². The maximum absolute atomic E-state index is 13.4. The third kappa shape index (κ3) is 1.84. The summed E-state index contributed by atoms with van der Waals surface area (Å²) < 4.78 is 13.4. The highest BCUT2D eigenvalue weighted by Crippen LogP contribution is 2.34. The molecule has 0 fully saturated rings. The van der Waals surface area contributed by atoms with Gasteiger partial charge in [0, 0.05) is 22.6 Å². The monoisotopic (exact) mass is 270 g/mol. The van der Waals surface area contributed by atoms with Crippen molar-refractivity contribution in [2.75, 3.05) is 5.32 Å². The number of hydrogen-bond donors (Lipinski definition) is 2. The average molecular weight is 270 g/mol. The van der Waals surface area contributed by atoms with Crippen molar-refractivity contribution in [2.45, 2.75) is 20.8 Å². The number of hydrogen-bond acceptors (Lipinski definition) is 1. The van der Waals surface area contributed by atoms with Gasteiger partial charge in [-0.2, -0.15) is 0 Å². The summed E-state index contributed by atoms with van der Waals surface area (Å²) in [7, 11) is 0.